The lowest BCUT2D eigenvalue weighted by Crippen LogP contribution is -2.09. The molecule has 0 fully saturated rings. The fourth-order valence-corrected chi connectivity index (χ4v) is 2.99. The van der Waals surface area contributed by atoms with E-state index in [1.54, 1.807) is 0 Å². The maximum absolute atomic E-state index is 3.55. The van der Waals surface area contributed by atoms with E-state index in [1.807, 2.05) is 6.07 Å². The van der Waals surface area contributed by atoms with Crippen LogP contribution in [0, 0.1) is 0 Å². The van der Waals surface area contributed by atoms with Crippen molar-refractivity contribution in [2.24, 2.45) is 0 Å². The van der Waals surface area contributed by atoms with Gasteiger partial charge in [-0.3, -0.25) is 0 Å². The molecule has 1 heterocycles. The molecule has 0 radical (unpaired) electrons. The highest BCUT2D eigenvalue weighted by Crippen LogP contribution is 2.31. The monoisotopic (exact) mass is 298 g/mol. The number of aromatic nitrogens is 1. The Morgan fingerprint density at radius 2 is 1.43 bits per heavy atom. The molecular weight excluding hydrogens is 280 g/mol. The molecule has 0 aliphatic heterocycles. The van der Waals surface area contributed by atoms with Gasteiger partial charge in [-0.2, -0.15) is 0 Å². The number of rotatable bonds is 3. The van der Waals surface area contributed by atoms with Crippen molar-refractivity contribution in [3.05, 3.63) is 84.9 Å². The molecule has 0 saturated heterocycles. The summed E-state index contributed by atoms with van der Waals surface area (Å²) in [6.07, 6.45) is 0. The van der Waals surface area contributed by atoms with Crippen LogP contribution in [-0.4, -0.2) is 12.0 Å². The predicted molar refractivity (Wildman–Crippen MR) is 98.2 cm³/mol. The number of aromatic amines is 1. The van der Waals surface area contributed by atoms with Gasteiger partial charge in [-0.15, -0.1) is 0 Å². The summed E-state index contributed by atoms with van der Waals surface area (Å²) in [6, 6.07) is 29.6. The van der Waals surface area contributed by atoms with Crippen molar-refractivity contribution >= 4 is 22.3 Å². The maximum atomic E-state index is 3.55. The third-order valence-corrected chi connectivity index (χ3v) is 4.26. The highest BCUT2D eigenvalue weighted by atomic mass is 15.2. The van der Waals surface area contributed by atoms with Crippen LogP contribution in [0.4, 0.5) is 11.5 Å². The zero-order valence-corrected chi connectivity index (χ0v) is 13.0. The van der Waals surface area contributed by atoms with Gasteiger partial charge in [0.1, 0.15) is 5.82 Å². The first-order chi connectivity index (χ1) is 11.3. The van der Waals surface area contributed by atoms with Gasteiger partial charge < -0.3 is 9.88 Å². The molecule has 0 aliphatic rings. The Morgan fingerprint density at radius 1 is 0.696 bits per heavy atom. The van der Waals surface area contributed by atoms with Crippen LogP contribution < -0.4 is 4.90 Å². The second-order valence-corrected chi connectivity index (χ2v) is 5.68. The first kappa shape index (κ1) is 13.6. The van der Waals surface area contributed by atoms with Crippen LogP contribution in [0.2, 0.25) is 0 Å². The zero-order chi connectivity index (χ0) is 15.6. The number of benzene rings is 3. The van der Waals surface area contributed by atoms with Crippen LogP contribution in [0.15, 0.2) is 84.9 Å². The molecule has 4 aromatic rings. The molecule has 2 heteroatoms. The van der Waals surface area contributed by atoms with Crippen LogP contribution in [0.25, 0.3) is 22.0 Å². The number of nitrogens with one attached hydrogen (secondary N) is 1. The van der Waals surface area contributed by atoms with Crippen LogP contribution in [0.1, 0.15) is 0 Å². The van der Waals surface area contributed by atoms with E-state index in [0.717, 1.165) is 11.5 Å². The van der Waals surface area contributed by atoms with Crippen LogP contribution in [0.3, 0.4) is 0 Å². The molecule has 23 heavy (non-hydrogen) atoms. The van der Waals surface area contributed by atoms with Gasteiger partial charge in [-0.05, 0) is 35.0 Å². The fraction of sp³-hybridized carbons (Fsp3) is 0.0476. The number of para-hydroxylation sites is 1. The molecule has 0 aliphatic carbocycles. The number of nitrogens with zero attached hydrogens (tertiary/aromatic N) is 1. The molecular formula is C21H18N2. The summed E-state index contributed by atoms with van der Waals surface area (Å²) in [7, 11) is 2.08. The first-order valence-electron chi connectivity index (χ1n) is 7.79. The highest BCUT2D eigenvalue weighted by Gasteiger charge is 2.09. The van der Waals surface area contributed by atoms with Gasteiger partial charge >= 0.3 is 0 Å². The molecule has 0 amide bonds. The topological polar surface area (TPSA) is 19.0 Å². The van der Waals surface area contributed by atoms with Crippen molar-refractivity contribution in [1.82, 2.24) is 4.98 Å². The Morgan fingerprint density at radius 3 is 2.30 bits per heavy atom. The van der Waals surface area contributed by atoms with Gasteiger partial charge in [-0.1, -0.05) is 60.7 Å². The normalized spacial score (nSPS) is 10.8. The SMILES string of the molecule is CN(c1ccccc1)c1ccc(-c2cccc3ccccc23)[nH]1. The number of fused-ring (bicyclic) bond motifs is 1. The minimum atomic E-state index is 1.08. The van der Waals surface area contributed by atoms with E-state index >= 15 is 0 Å². The molecule has 1 aromatic heterocycles. The molecule has 0 bridgehead atoms. The number of H-pyrrole nitrogens is 1. The molecule has 3 aromatic carbocycles. The summed E-state index contributed by atoms with van der Waals surface area (Å²) in [6.45, 7) is 0. The van der Waals surface area contributed by atoms with Gasteiger partial charge in [0.2, 0.25) is 0 Å². The van der Waals surface area contributed by atoms with Crippen molar-refractivity contribution in [1.29, 1.82) is 0 Å². The zero-order valence-electron chi connectivity index (χ0n) is 13.0. The van der Waals surface area contributed by atoms with E-state index in [-0.39, 0.29) is 0 Å². The lowest BCUT2D eigenvalue weighted by atomic mass is 10.0. The van der Waals surface area contributed by atoms with Crippen LogP contribution >= 0.6 is 0 Å². The van der Waals surface area contributed by atoms with Crippen LogP contribution in [-0.2, 0) is 0 Å². The van der Waals surface area contributed by atoms with Crippen molar-refractivity contribution < 1.29 is 0 Å². The third kappa shape index (κ3) is 2.49. The lowest BCUT2D eigenvalue weighted by molar-refractivity contribution is 1.15. The van der Waals surface area contributed by atoms with E-state index in [2.05, 4.69) is 95.8 Å². The van der Waals surface area contributed by atoms with Crippen molar-refractivity contribution in [2.75, 3.05) is 11.9 Å². The Balaban J connectivity index is 1.75. The molecule has 0 unspecified atom stereocenters. The summed E-state index contributed by atoms with van der Waals surface area (Å²) in [5, 5.41) is 2.53. The van der Waals surface area contributed by atoms with Gasteiger partial charge in [-0.25, -0.2) is 0 Å². The maximum Gasteiger partial charge on any atom is 0.110 e. The van der Waals surface area contributed by atoms with Crippen molar-refractivity contribution in [3.63, 3.8) is 0 Å². The number of hydrogen-bond donors (Lipinski definition) is 1. The molecule has 0 spiro atoms. The van der Waals surface area contributed by atoms with Gasteiger partial charge in [0.25, 0.3) is 0 Å². The molecule has 2 nitrogen and oxygen atoms in total. The minimum absolute atomic E-state index is 1.08. The second kappa shape index (κ2) is 5.65. The second-order valence-electron chi connectivity index (χ2n) is 5.68. The lowest BCUT2D eigenvalue weighted by Gasteiger charge is -2.17. The summed E-state index contributed by atoms with van der Waals surface area (Å²) < 4.78 is 0. The Kier molecular flexibility index (Phi) is 3.35. The van der Waals surface area contributed by atoms with Gasteiger partial charge in [0, 0.05) is 24.0 Å². The average molecular weight is 298 g/mol. The first-order valence-corrected chi connectivity index (χ1v) is 7.79. The Hall–Kier alpha value is -3.00. The molecule has 0 atom stereocenters. The molecule has 4 rings (SSSR count). The smallest absolute Gasteiger partial charge is 0.110 e. The van der Waals surface area contributed by atoms with Crippen molar-refractivity contribution in [3.8, 4) is 11.3 Å². The Bertz CT molecular complexity index is 933. The summed E-state index contributed by atoms with van der Waals surface area (Å²) >= 11 is 0. The summed E-state index contributed by atoms with van der Waals surface area (Å²) in [5.41, 5.74) is 3.54. The fourth-order valence-electron chi connectivity index (χ4n) is 2.99. The quantitative estimate of drug-likeness (QED) is 0.521. The Labute approximate surface area is 136 Å². The van der Waals surface area contributed by atoms with Gasteiger partial charge in [0.15, 0.2) is 0 Å². The third-order valence-electron chi connectivity index (χ3n) is 4.26. The van der Waals surface area contributed by atoms with Gasteiger partial charge in [0.05, 0.1) is 0 Å². The van der Waals surface area contributed by atoms with Crippen molar-refractivity contribution in [2.45, 2.75) is 0 Å². The van der Waals surface area contributed by atoms with E-state index < -0.39 is 0 Å². The van der Waals surface area contributed by atoms with E-state index in [1.165, 1.54) is 22.0 Å². The minimum Gasteiger partial charge on any atom is -0.341 e. The standard InChI is InChI=1S/C21H18N2/c1-23(17-10-3-2-4-11-17)21-15-14-20(22-21)19-13-7-9-16-8-5-6-12-18(16)19/h2-15,22H,1H3. The molecule has 0 saturated carbocycles. The molecule has 112 valence electrons. The predicted octanol–water partition coefficient (Wildman–Crippen LogP) is 5.60. The van der Waals surface area contributed by atoms with Crippen LogP contribution in [0.5, 0.6) is 0 Å². The average Bonchev–Trinajstić information content (AvgIpc) is 3.11. The molecule has 1 N–H and O–H groups in total. The largest absolute Gasteiger partial charge is 0.341 e. The number of hydrogen-bond acceptors (Lipinski definition) is 1. The highest BCUT2D eigenvalue weighted by molar-refractivity contribution is 5.96. The summed E-state index contributed by atoms with van der Waals surface area (Å²) in [4.78, 5) is 5.71. The summed E-state index contributed by atoms with van der Waals surface area (Å²) in [5.74, 6) is 1.08. The number of anilines is 2. The van der Waals surface area contributed by atoms with E-state index in [0.29, 0.717) is 0 Å². The van der Waals surface area contributed by atoms with E-state index in [4.69, 9.17) is 0 Å². The van der Waals surface area contributed by atoms with E-state index in [9.17, 15) is 0 Å².